The van der Waals surface area contributed by atoms with E-state index in [-0.39, 0.29) is 0 Å². The van der Waals surface area contributed by atoms with Crippen LogP contribution in [-0.4, -0.2) is 38.6 Å². The zero-order valence-electron chi connectivity index (χ0n) is 10.5. The predicted octanol–water partition coefficient (Wildman–Crippen LogP) is 1.50. The van der Waals surface area contributed by atoms with Crippen LogP contribution in [0.25, 0.3) is 0 Å². The number of rotatable bonds is 3. The summed E-state index contributed by atoms with van der Waals surface area (Å²) in [4.78, 5) is 4.65. The molecule has 88 valence electrons. The van der Waals surface area contributed by atoms with E-state index in [2.05, 4.69) is 43.0 Å². The molecule has 2 N–H and O–H groups in total. The van der Waals surface area contributed by atoms with Gasteiger partial charge < -0.3 is 15.5 Å². The van der Waals surface area contributed by atoms with Crippen LogP contribution in [0.4, 0.5) is 11.4 Å². The van der Waals surface area contributed by atoms with E-state index >= 15 is 0 Å². The molecule has 0 unspecified atom stereocenters. The Bertz CT molecular complexity index is 385. The largest absolute Gasteiger partial charge is 0.398 e. The minimum absolute atomic E-state index is 0.913. The zero-order chi connectivity index (χ0) is 11.7. The van der Waals surface area contributed by atoms with Gasteiger partial charge in [-0.15, -0.1) is 0 Å². The molecule has 16 heavy (non-hydrogen) atoms. The Morgan fingerprint density at radius 3 is 2.81 bits per heavy atom. The van der Waals surface area contributed by atoms with E-state index in [1.54, 1.807) is 0 Å². The van der Waals surface area contributed by atoms with Crippen LogP contribution in [-0.2, 0) is 6.42 Å². The van der Waals surface area contributed by atoms with Crippen molar-refractivity contribution >= 4 is 11.4 Å². The molecule has 0 bridgehead atoms. The molecule has 0 fully saturated rings. The van der Waals surface area contributed by atoms with Crippen LogP contribution in [0, 0.1) is 6.92 Å². The fourth-order valence-electron chi connectivity index (χ4n) is 2.20. The van der Waals surface area contributed by atoms with Crippen LogP contribution in [0.2, 0.25) is 0 Å². The molecular formula is C13H21N3. The lowest BCUT2D eigenvalue weighted by Crippen LogP contribution is -2.30. The van der Waals surface area contributed by atoms with Crippen LogP contribution in [0.3, 0.4) is 0 Å². The lowest BCUT2D eigenvalue weighted by atomic mass is 10.1. The number of anilines is 2. The summed E-state index contributed by atoms with van der Waals surface area (Å²) in [6.45, 7) is 5.39. The van der Waals surface area contributed by atoms with Crippen molar-refractivity contribution in [3.05, 3.63) is 23.3 Å². The molecule has 1 aromatic carbocycles. The number of nitrogens with zero attached hydrogens (tertiary/aromatic N) is 2. The molecule has 0 saturated carbocycles. The quantitative estimate of drug-likeness (QED) is 0.782. The van der Waals surface area contributed by atoms with Gasteiger partial charge in [0.1, 0.15) is 0 Å². The number of hydrogen-bond donors (Lipinski definition) is 1. The van der Waals surface area contributed by atoms with Crippen molar-refractivity contribution in [2.75, 3.05) is 44.4 Å². The van der Waals surface area contributed by atoms with Crippen molar-refractivity contribution in [3.8, 4) is 0 Å². The van der Waals surface area contributed by atoms with E-state index in [9.17, 15) is 0 Å². The SMILES string of the molecule is Cc1cc2c(cc1N)N(CCN(C)C)CC2. The molecule has 0 spiro atoms. The summed E-state index contributed by atoms with van der Waals surface area (Å²) in [6.07, 6.45) is 1.16. The van der Waals surface area contributed by atoms with Gasteiger partial charge in [-0.1, -0.05) is 6.07 Å². The van der Waals surface area contributed by atoms with Crippen LogP contribution in [0.15, 0.2) is 12.1 Å². The van der Waals surface area contributed by atoms with E-state index in [1.807, 2.05) is 0 Å². The average molecular weight is 219 g/mol. The first-order valence-electron chi connectivity index (χ1n) is 5.86. The monoisotopic (exact) mass is 219 g/mol. The number of nitrogens with two attached hydrogens (primary N) is 1. The molecule has 0 amide bonds. The fourth-order valence-corrected chi connectivity index (χ4v) is 2.20. The second-order valence-electron chi connectivity index (χ2n) is 4.88. The molecule has 1 aromatic rings. The summed E-state index contributed by atoms with van der Waals surface area (Å²) in [5.74, 6) is 0. The minimum Gasteiger partial charge on any atom is -0.398 e. The maximum Gasteiger partial charge on any atom is 0.0420 e. The first-order valence-corrected chi connectivity index (χ1v) is 5.86. The molecule has 2 rings (SSSR count). The standard InChI is InChI=1S/C13H21N3/c1-10-8-11-4-5-16(7-6-15(2)3)13(11)9-12(10)14/h8-9H,4-7,14H2,1-3H3. The number of benzene rings is 1. The smallest absolute Gasteiger partial charge is 0.0420 e. The third-order valence-corrected chi connectivity index (χ3v) is 3.28. The maximum absolute atomic E-state index is 5.97. The lowest BCUT2D eigenvalue weighted by Gasteiger charge is -2.22. The van der Waals surface area contributed by atoms with Gasteiger partial charge in [-0.2, -0.15) is 0 Å². The van der Waals surface area contributed by atoms with Gasteiger partial charge in [-0.3, -0.25) is 0 Å². The lowest BCUT2D eigenvalue weighted by molar-refractivity contribution is 0.414. The average Bonchev–Trinajstić information content (AvgIpc) is 2.58. The Kier molecular flexibility index (Phi) is 3.06. The summed E-state index contributed by atoms with van der Waals surface area (Å²) in [5, 5.41) is 0. The van der Waals surface area contributed by atoms with Crippen LogP contribution >= 0.6 is 0 Å². The number of aryl methyl sites for hydroxylation is 1. The van der Waals surface area contributed by atoms with Crippen molar-refractivity contribution in [2.24, 2.45) is 0 Å². The van der Waals surface area contributed by atoms with E-state index in [4.69, 9.17) is 5.73 Å². The second-order valence-corrected chi connectivity index (χ2v) is 4.88. The highest BCUT2D eigenvalue weighted by molar-refractivity contribution is 5.67. The van der Waals surface area contributed by atoms with Gasteiger partial charge >= 0.3 is 0 Å². The summed E-state index contributed by atoms with van der Waals surface area (Å²) in [7, 11) is 4.22. The first-order chi connectivity index (χ1) is 7.58. The topological polar surface area (TPSA) is 32.5 Å². The first kappa shape index (κ1) is 11.3. The third-order valence-electron chi connectivity index (χ3n) is 3.28. The fraction of sp³-hybridized carbons (Fsp3) is 0.538. The van der Waals surface area contributed by atoms with E-state index < -0.39 is 0 Å². The molecule has 3 nitrogen and oxygen atoms in total. The number of fused-ring (bicyclic) bond motifs is 1. The Labute approximate surface area is 97.8 Å². The van der Waals surface area contributed by atoms with Crippen LogP contribution < -0.4 is 10.6 Å². The number of hydrogen-bond acceptors (Lipinski definition) is 3. The molecule has 0 aromatic heterocycles. The molecule has 1 aliphatic rings. The van der Waals surface area contributed by atoms with E-state index in [1.165, 1.54) is 16.8 Å². The highest BCUT2D eigenvalue weighted by atomic mass is 15.2. The van der Waals surface area contributed by atoms with Gasteiger partial charge in [0.15, 0.2) is 0 Å². The van der Waals surface area contributed by atoms with Crippen molar-refractivity contribution in [1.29, 1.82) is 0 Å². The van der Waals surface area contributed by atoms with E-state index in [0.29, 0.717) is 0 Å². The van der Waals surface area contributed by atoms with Gasteiger partial charge in [0.05, 0.1) is 0 Å². The maximum atomic E-state index is 5.97. The number of likely N-dealkylation sites (N-methyl/N-ethyl adjacent to an activating group) is 1. The van der Waals surface area contributed by atoms with Gasteiger partial charge in [0.2, 0.25) is 0 Å². The summed E-state index contributed by atoms with van der Waals surface area (Å²) < 4.78 is 0. The molecule has 1 aliphatic heterocycles. The molecule has 1 heterocycles. The second kappa shape index (κ2) is 4.34. The summed E-state index contributed by atoms with van der Waals surface area (Å²) in [6, 6.07) is 4.37. The van der Waals surface area contributed by atoms with Gasteiger partial charge in [-0.05, 0) is 44.6 Å². The molecule has 0 aliphatic carbocycles. The summed E-state index contributed by atoms with van der Waals surface area (Å²) in [5.41, 5.74) is 10.9. The van der Waals surface area contributed by atoms with Crippen LogP contribution in [0.5, 0.6) is 0 Å². The predicted molar refractivity (Wildman–Crippen MR) is 70.1 cm³/mol. The van der Waals surface area contributed by atoms with Crippen molar-refractivity contribution < 1.29 is 0 Å². The van der Waals surface area contributed by atoms with Crippen molar-refractivity contribution in [2.45, 2.75) is 13.3 Å². The Morgan fingerprint density at radius 1 is 1.38 bits per heavy atom. The molecular weight excluding hydrogens is 198 g/mol. The molecule has 0 saturated heterocycles. The Balaban J connectivity index is 2.16. The zero-order valence-corrected chi connectivity index (χ0v) is 10.5. The Morgan fingerprint density at radius 2 is 2.12 bits per heavy atom. The highest BCUT2D eigenvalue weighted by Gasteiger charge is 2.19. The molecule has 0 radical (unpaired) electrons. The minimum atomic E-state index is 0.913. The number of nitrogen functional groups attached to an aromatic ring is 1. The van der Waals surface area contributed by atoms with Gasteiger partial charge in [0.25, 0.3) is 0 Å². The van der Waals surface area contributed by atoms with Crippen LogP contribution in [0.1, 0.15) is 11.1 Å². The van der Waals surface area contributed by atoms with Crippen molar-refractivity contribution in [1.82, 2.24) is 4.90 Å². The summed E-state index contributed by atoms with van der Waals surface area (Å²) >= 11 is 0. The molecule has 0 atom stereocenters. The van der Waals surface area contributed by atoms with E-state index in [0.717, 1.165) is 31.7 Å². The Hall–Kier alpha value is -1.22. The normalized spacial score (nSPS) is 14.6. The highest BCUT2D eigenvalue weighted by Crippen LogP contribution is 2.31. The van der Waals surface area contributed by atoms with Crippen molar-refractivity contribution in [3.63, 3.8) is 0 Å². The third kappa shape index (κ3) is 2.14. The molecule has 3 heteroatoms. The van der Waals surface area contributed by atoms with Gasteiger partial charge in [-0.25, -0.2) is 0 Å². The van der Waals surface area contributed by atoms with Gasteiger partial charge in [0, 0.05) is 31.0 Å².